The van der Waals surface area contributed by atoms with Crippen molar-refractivity contribution in [3.63, 3.8) is 0 Å². The molecule has 1 saturated heterocycles. The summed E-state index contributed by atoms with van der Waals surface area (Å²) in [5, 5.41) is 2.81. The number of carbonyl (C=O) groups is 1. The fourth-order valence-electron chi connectivity index (χ4n) is 5.00. The van der Waals surface area contributed by atoms with Gasteiger partial charge in [0.05, 0.1) is 12.7 Å². The molecule has 29 heavy (non-hydrogen) atoms. The Kier molecular flexibility index (Phi) is 6.57. The van der Waals surface area contributed by atoms with Crippen LogP contribution in [0.4, 0.5) is 10.5 Å². The highest BCUT2D eigenvalue weighted by Gasteiger charge is 2.54. The van der Waals surface area contributed by atoms with Crippen LogP contribution in [0.2, 0.25) is 0 Å². The van der Waals surface area contributed by atoms with E-state index in [4.69, 9.17) is 9.47 Å². The molecule has 1 amide bonds. The summed E-state index contributed by atoms with van der Waals surface area (Å²) in [5.41, 5.74) is 3.58. The van der Waals surface area contributed by atoms with Gasteiger partial charge in [0, 0.05) is 37.7 Å². The zero-order valence-corrected chi connectivity index (χ0v) is 18.7. The molecule has 0 radical (unpaired) electrons. The summed E-state index contributed by atoms with van der Waals surface area (Å²) in [7, 11) is 4.10. The van der Waals surface area contributed by atoms with E-state index in [0.717, 1.165) is 6.42 Å². The first-order valence-corrected chi connectivity index (χ1v) is 10.8. The molecule has 2 bridgehead atoms. The van der Waals surface area contributed by atoms with E-state index < -0.39 is 0 Å². The van der Waals surface area contributed by atoms with E-state index >= 15 is 0 Å². The highest BCUT2D eigenvalue weighted by Crippen LogP contribution is 2.56. The monoisotopic (exact) mass is 400 g/mol. The largest absolute Gasteiger partial charge is 0.449 e. The van der Waals surface area contributed by atoms with Crippen LogP contribution < -0.4 is 10.2 Å². The van der Waals surface area contributed by atoms with Gasteiger partial charge in [-0.1, -0.05) is 44.6 Å². The normalized spacial score (nSPS) is 31.0. The van der Waals surface area contributed by atoms with Gasteiger partial charge >= 0.3 is 6.09 Å². The van der Waals surface area contributed by atoms with Crippen molar-refractivity contribution in [1.29, 1.82) is 0 Å². The Morgan fingerprint density at radius 2 is 1.97 bits per heavy atom. The number of hydrogen-bond acceptors (Lipinski definition) is 4. The number of benzene rings is 1. The average Bonchev–Trinajstić information content (AvgIpc) is 2.70. The van der Waals surface area contributed by atoms with E-state index in [9.17, 15) is 4.79 Å². The molecule has 0 spiro atoms. The third-order valence-electron chi connectivity index (χ3n) is 6.98. The summed E-state index contributed by atoms with van der Waals surface area (Å²) in [6.07, 6.45) is 2.97. The molecule has 0 unspecified atom stereocenters. The third kappa shape index (κ3) is 4.16. The van der Waals surface area contributed by atoms with Crippen LogP contribution in [-0.2, 0) is 9.47 Å². The summed E-state index contributed by atoms with van der Waals surface area (Å²) in [6.45, 7) is 10.4. The van der Waals surface area contributed by atoms with Crippen molar-refractivity contribution in [2.45, 2.75) is 40.2 Å². The van der Waals surface area contributed by atoms with E-state index in [1.165, 1.54) is 16.8 Å². The van der Waals surface area contributed by atoms with Gasteiger partial charge in [0.1, 0.15) is 6.61 Å². The summed E-state index contributed by atoms with van der Waals surface area (Å²) in [4.78, 5) is 14.2. The number of anilines is 1. The Bertz CT molecular complexity index is 743. The van der Waals surface area contributed by atoms with Crippen molar-refractivity contribution in [3.8, 4) is 0 Å². The summed E-state index contributed by atoms with van der Waals surface area (Å²) in [5.74, 6) is 0.936. The summed E-state index contributed by atoms with van der Waals surface area (Å²) >= 11 is 0. The molecule has 0 aromatic heterocycles. The van der Waals surface area contributed by atoms with Gasteiger partial charge in [-0.3, -0.25) is 0 Å². The van der Waals surface area contributed by atoms with E-state index in [2.05, 4.69) is 75.4 Å². The first kappa shape index (κ1) is 21.7. The Hall–Kier alpha value is -2.01. The second-order valence-electron chi connectivity index (χ2n) is 8.97. The second kappa shape index (κ2) is 8.78. The number of alkyl carbamates (subject to hydrolysis) is 1. The van der Waals surface area contributed by atoms with Crippen molar-refractivity contribution in [2.24, 2.45) is 23.2 Å². The van der Waals surface area contributed by atoms with Crippen molar-refractivity contribution >= 4 is 11.8 Å². The smallest absolute Gasteiger partial charge is 0.407 e. The van der Waals surface area contributed by atoms with Crippen molar-refractivity contribution in [2.75, 3.05) is 38.8 Å². The molecule has 1 aromatic carbocycles. The molecular formula is C24H36N2O3. The quantitative estimate of drug-likeness (QED) is 0.697. The lowest BCUT2D eigenvalue weighted by atomic mass is 9.56. The lowest BCUT2D eigenvalue weighted by molar-refractivity contribution is -0.165. The van der Waals surface area contributed by atoms with Crippen LogP contribution in [0, 0.1) is 23.2 Å². The maximum Gasteiger partial charge on any atom is 0.407 e. The van der Waals surface area contributed by atoms with Crippen molar-refractivity contribution < 1.29 is 14.3 Å². The van der Waals surface area contributed by atoms with Gasteiger partial charge in [0.15, 0.2) is 0 Å². The number of hydrogen-bond donors (Lipinski definition) is 1. The van der Waals surface area contributed by atoms with Gasteiger partial charge in [0.25, 0.3) is 0 Å². The predicted molar refractivity (Wildman–Crippen MR) is 117 cm³/mol. The molecule has 1 aliphatic carbocycles. The molecule has 5 nitrogen and oxygen atoms in total. The number of fused-ring (bicyclic) bond motifs is 2. The first-order chi connectivity index (χ1) is 13.8. The highest BCUT2D eigenvalue weighted by atomic mass is 16.6. The Morgan fingerprint density at radius 1 is 1.28 bits per heavy atom. The molecule has 2 aliphatic rings. The van der Waals surface area contributed by atoms with Crippen LogP contribution in [0.5, 0.6) is 0 Å². The predicted octanol–water partition coefficient (Wildman–Crippen LogP) is 4.79. The average molecular weight is 401 g/mol. The fraction of sp³-hybridized carbons (Fsp3) is 0.625. The molecule has 5 heteroatoms. The number of nitrogens with zero attached hydrogens (tertiary/aromatic N) is 1. The molecule has 1 aliphatic heterocycles. The van der Waals surface area contributed by atoms with E-state index in [-0.39, 0.29) is 23.5 Å². The van der Waals surface area contributed by atoms with Gasteiger partial charge in [-0.15, -0.1) is 0 Å². The van der Waals surface area contributed by atoms with Gasteiger partial charge in [-0.25, -0.2) is 4.79 Å². The van der Waals surface area contributed by atoms with Gasteiger partial charge < -0.3 is 19.7 Å². The minimum Gasteiger partial charge on any atom is -0.449 e. The standard InChI is InChI=1S/C24H36N2O3/c1-7-12-25-23(27)29-15-24-14-28-22(19-8-10-20(11-9-19)26(5)6)21(18(24)4)16(2)13-17(24)3/h8-11,13,17-18,21-22H,7,12,14-15H2,1-6H3,(H,25,27)/t17-,18+,21-,22-,24+/m0/s1. The maximum atomic E-state index is 12.1. The number of allylic oxidation sites excluding steroid dienone is 1. The molecule has 1 fully saturated rings. The molecule has 3 rings (SSSR count). The number of nitrogens with one attached hydrogen (secondary N) is 1. The number of amides is 1. The molecule has 1 heterocycles. The highest BCUT2D eigenvalue weighted by molar-refractivity contribution is 5.67. The van der Waals surface area contributed by atoms with E-state index in [1.54, 1.807) is 0 Å². The minimum absolute atomic E-state index is 0.0343. The lowest BCUT2D eigenvalue weighted by Crippen LogP contribution is -2.54. The second-order valence-corrected chi connectivity index (χ2v) is 8.97. The third-order valence-corrected chi connectivity index (χ3v) is 6.98. The molecule has 160 valence electrons. The van der Waals surface area contributed by atoms with Crippen molar-refractivity contribution in [1.82, 2.24) is 5.32 Å². The lowest BCUT2D eigenvalue weighted by Gasteiger charge is -2.55. The SMILES string of the molecule is CCCNC(=O)OC[C@]12CO[C@@H](c3ccc(N(C)C)cc3)[C@@H](C(C)=C[C@@H]1C)[C@H]2C. The summed E-state index contributed by atoms with van der Waals surface area (Å²) in [6, 6.07) is 8.66. The number of ether oxygens (including phenoxy) is 2. The van der Waals surface area contributed by atoms with Crippen molar-refractivity contribution in [3.05, 3.63) is 41.5 Å². The minimum atomic E-state index is -0.329. The Balaban J connectivity index is 1.81. The van der Waals surface area contributed by atoms with E-state index in [0.29, 0.717) is 31.6 Å². The zero-order valence-electron chi connectivity index (χ0n) is 18.7. The van der Waals surface area contributed by atoms with Crippen LogP contribution in [-0.4, -0.2) is 39.9 Å². The van der Waals surface area contributed by atoms with E-state index in [1.807, 2.05) is 6.92 Å². The van der Waals surface area contributed by atoms with Gasteiger partial charge in [0.2, 0.25) is 0 Å². The number of rotatable bonds is 6. The van der Waals surface area contributed by atoms with Crippen LogP contribution in [0.15, 0.2) is 35.9 Å². The maximum absolute atomic E-state index is 12.1. The molecule has 1 aromatic rings. The van der Waals surface area contributed by atoms with Gasteiger partial charge in [-0.2, -0.15) is 0 Å². The topological polar surface area (TPSA) is 50.8 Å². The number of carbonyl (C=O) groups excluding carboxylic acids is 1. The zero-order chi connectivity index (χ0) is 21.2. The fourth-order valence-corrected chi connectivity index (χ4v) is 5.00. The van der Waals surface area contributed by atoms with Crippen LogP contribution in [0.3, 0.4) is 0 Å². The van der Waals surface area contributed by atoms with Crippen LogP contribution in [0.1, 0.15) is 45.8 Å². The Labute approximate surface area is 175 Å². The molecule has 5 atom stereocenters. The molecular weight excluding hydrogens is 364 g/mol. The van der Waals surface area contributed by atoms with Crippen LogP contribution in [0.25, 0.3) is 0 Å². The summed E-state index contributed by atoms with van der Waals surface area (Å²) < 4.78 is 12.1. The Morgan fingerprint density at radius 3 is 2.59 bits per heavy atom. The molecule has 1 N–H and O–H groups in total. The van der Waals surface area contributed by atoms with Gasteiger partial charge in [-0.05, 0) is 42.9 Å². The molecule has 0 saturated carbocycles. The first-order valence-electron chi connectivity index (χ1n) is 10.8. The van der Waals surface area contributed by atoms with Crippen LogP contribution >= 0.6 is 0 Å².